The van der Waals surface area contributed by atoms with Gasteiger partial charge in [-0.1, -0.05) is 64.8 Å². The predicted molar refractivity (Wildman–Crippen MR) is 136 cm³/mol. The minimum Gasteiger partial charge on any atom is -0.497 e. The van der Waals surface area contributed by atoms with Gasteiger partial charge in [0.2, 0.25) is 0 Å². The van der Waals surface area contributed by atoms with Crippen LogP contribution in [0.15, 0.2) is 36.4 Å². The second-order valence-corrected chi connectivity index (χ2v) is 9.47. The number of benzene rings is 1. The Kier molecular flexibility index (Phi) is 14.3. The number of carbonyl (C=O) groups excluding carboxylic acids is 1. The van der Waals surface area contributed by atoms with Gasteiger partial charge in [-0.25, -0.2) is 4.79 Å². The maximum absolute atomic E-state index is 11.3. The first-order valence-corrected chi connectivity index (χ1v) is 12.3. The lowest BCUT2D eigenvalue weighted by Crippen LogP contribution is -2.13. The molecule has 4 heteroatoms. The molecule has 0 unspecified atom stereocenters. The van der Waals surface area contributed by atoms with E-state index in [9.17, 15) is 4.79 Å². The topological polar surface area (TPSA) is 44.8 Å². The Labute approximate surface area is 202 Å². The summed E-state index contributed by atoms with van der Waals surface area (Å²) in [7, 11) is 1.68. The van der Waals surface area contributed by atoms with Gasteiger partial charge in [-0.2, -0.15) is 0 Å². The van der Waals surface area contributed by atoms with Crippen LogP contribution in [0.5, 0.6) is 5.75 Å². The van der Waals surface area contributed by atoms with Crippen LogP contribution in [0.4, 0.5) is 0 Å². The number of ether oxygens (including phenoxy) is 3. The molecule has 1 aromatic rings. The molecule has 1 rings (SSSR count). The molecule has 0 saturated carbocycles. The molecule has 5 atom stereocenters. The highest BCUT2D eigenvalue weighted by molar-refractivity contribution is 5.88. The number of allylic oxidation sites excluding steroid dienone is 2. The van der Waals surface area contributed by atoms with Crippen LogP contribution in [0.2, 0.25) is 0 Å². The number of methoxy groups -OCH3 is 1. The van der Waals surface area contributed by atoms with Gasteiger partial charge in [0.05, 0.1) is 26.9 Å². The largest absolute Gasteiger partial charge is 0.497 e. The first-order chi connectivity index (χ1) is 15.7. The molecule has 0 spiro atoms. The molecule has 4 nitrogen and oxygen atoms in total. The fourth-order valence-electron chi connectivity index (χ4n) is 3.84. The zero-order chi connectivity index (χ0) is 24.6. The quantitative estimate of drug-likeness (QED) is 0.135. The normalized spacial score (nSPS) is 15.7. The van der Waals surface area contributed by atoms with E-state index in [4.69, 9.17) is 14.2 Å². The molecule has 33 heavy (non-hydrogen) atoms. The third-order valence-corrected chi connectivity index (χ3v) is 5.94. The Bertz CT molecular complexity index is 756. The molecule has 1 aromatic carbocycles. The standard InChI is InChI=1S/C29H44O4/c1-8-33-29(30)11-9-10-22(2)18-24(4)19-23(3)12-13-25(5)26(6)20-32-21-27-14-16-28(31-7)17-15-27/h12-17,22-26H,8,10,18-21H2,1-7H3/b13-12+/t22-,23+,24-,25+,26-/m0/s1. The molecule has 0 fully saturated rings. The van der Waals surface area contributed by atoms with Crippen LogP contribution >= 0.6 is 0 Å². The highest BCUT2D eigenvalue weighted by atomic mass is 16.5. The maximum atomic E-state index is 11.3. The first-order valence-electron chi connectivity index (χ1n) is 12.3. The Balaban J connectivity index is 2.31. The van der Waals surface area contributed by atoms with Crippen LogP contribution in [0.1, 0.15) is 66.4 Å². The smallest absolute Gasteiger partial charge is 0.384 e. The van der Waals surface area contributed by atoms with Gasteiger partial charge in [0.15, 0.2) is 0 Å². The van der Waals surface area contributed by atoms with Gasteiger partial charge in [-0.3, -0.25) is 0 Å². The van der Waals surface area contributed by atoms with Gasteiger partial charge in [0.1, 0.15) is 5.75 Å². The van der Waals surface area contributed by atoms with Crippen molar-refractivity contribution < 1.29 is 19.0 Å². The average molecular weight is 457 g/mol. The Morgan fingerprint density at radius 3 is 2.33 bits per heavy atom. The van der Waals surface area contributed by atoms with Crippen molar-refractivity contribution in [1.82, 2.24) is 0 Å². The summed E-state index contributed by atoms with van der Waals surface area (Å²) in [4.78, 5) is 11.3. The van der Waals surface area contributed by atoms with Crippen molar-refractivity contribution in [3.63, 3.8) is 0 Å². The summed E-state index contributed by atoms with van der Waals surface area (Å²) in [5.41, 5.74) is 1.16. The predicted octanol–water partition coefficient (Wildman–Crippen LogP) is 6.69. The SMILES string of the molecule is CCOC(=O)C#CC[C@H](C)C[C@H](C)C[C@H](C)/C=C/[C@@H](C)[C@@H](C)COCc1ccc(OC)cc1. The van der Waals surface area contributed by atoms with Crippen molar-refractivity contribution in [1.29, 1.82) is 0 Å². The molecule has 0 aliphatic heterocycles. The van der Waals surface area contributed by atoms with Crippen molar-refractivity contribution in [2.45, 2.75) is 67.4 Å². The molecule has 0 bridgehead atoms. The second kappa shape index (κ2) is 16.4. The number of carbonyl (C=O) groups is 1. The van der Waals surface area contributed by atoms with E-state index in [1.807, 2.05) is 24.3 Å². The number of esters is 1. The number of hydrogen-bond acceptors (Lipinski definition) is 4. The summed E-state index contributed by atoms with van der Waals surface area (Å²) in [5.74, 6) is 8.51. The molecule has 0 radical (unpaired) electrons. The summed E-state index contributed by atoms with van der Waals surface area (Å²) >= 11 is 0. The van der Waals surface area contributed by atoms with Gasteiger partial charge in [-0.15, -0.1) is 0 Å². The number of rotatable bonds is 14. The molecule has 0 saturated heterocycles. The highest BCUT2D eigenvalue weighted by Crippen LogP contribution is 2.23. The minimum absolute atomic E-state index is 0.375. The zero-order valence-electron chi connectivity index (χ0n) is 21.7. The fraction of sp³-hybridized carbons (Fsp3) is 0.621. The average Bonchev–Trinajstić information content (AvgIpc) is 2.77. The molecule has 0 aliphatic rings. The van der Waals surface area contributed by atoms with Crippen molar-refractivity contribution in [2.24, 2.45) is 29.6 Å². The molecular formula is C29H44O4. The van der Waals surface area contributed by atoms with Gasteiger partial charge < -0.3 is 14.2 Å². The lowest BCUT2D eigenvalue weighted by atomic mass is 9.87. The summed E-state index contributed by atoms with van der Waals surface area (Å²) in [5, 5.41) is 0. The first kappa shape index (κ1) is 28.8. The van der Waals surface area contributed by atoms with E-state index in [0.29, 0.717) is 42.8 Å². The molecule has 0 N–H and O–H groups in total. The van der Waals surface area contributed by atoms with Crippen LogP contribution < -0.4 is 4.74 Å². The van der Waals surface area contributed by atoms with E-state index >= 15 is 0 Å². The van der Waals surface area contributed by atoms with Gasteiger partial charge in [0, 0.05) is 12.3 Å². The monoisotopic (exact) mass is 456 g/mol. The molecule has 0 aromatic heterocycles. The third-order valence-electron chi connectivity index (χ3n) is 5.94. The lowest BCUT2D eigenvalue weighted by molar-refractivity contribution is -0.136. The summed E-state index contributed by atoms with van der Waals surface area (Å²) in [6, 6.07) is 8.02. The number of hydrogen-bond donors (Lipinski definition) is 0. The second-order valence-electron chi connectivity index (χ2n) is 9.47. The van der Waals surface area contributed by atoms with Crippen LogP contribution in [-0.4, -0.2) is 26.3 Å². The third kappa shape index (κ3) is 13.1. The highest BCUT2D eigenvalue weighted by Gasteiger charge is 2.13. The Morgan fingerprint density at radius 1 is 1.00 bits per heavy atom. The van der Waals surface area contributed by atoms with Crippen LogP contribution in [0, 0.1) is 41.4 Å². The van der Waals surface area contributed by atoms with E-state index < -0.39 is 5.97 Å². The molecule has 0 amide bonds. The van der Waals surface area contributed by atoms with Crippen molar-refractivity contribution >= 4 is 5.97 Å². The zero-order valence-corrected chi connectivity index (χ0v) is 21.7. The van der Waals surface area contributed by atoms with Crippen LogP contribution in [0.3, 0.4) is 0 Å². The van der Waals surface area contributed by atoms with Gasteiger partial charge >= 0.3 is 5.97 Å². The van der Waals surface area contributed by atoms with E-state index in [2.05, 4.69) is 58.6 Å². The van der Waals surface area contributed by atoms with E-state index in [-0.39, 0.29) is 0 Å². The summed E-state index contributed by atoms with van der Waals surface area (Å²) in [6.07, 6.45) is 7.69. The van der Waals surface area contributed by atoms with Gasteiger partial charge in [0.25, 0.3) is 0 Å². The summed E-state index contributed by atoms with van der Waals surface area (Å²) < 4.78 is 16.0. The van der Waals surface area contributed by atoms with Crippen molar-refractivity contribution in [2.75, 3.05) is 20.3 Å². The Hall–Kier alpha value is -2.25. The summed E-state index contributed by atoms with van der Waals surface area (Å²) in [6.45, 7) is 14.8. The van der Waals surface area contributed by atoms with Gasteiger partial charge in [-0.05, 0) is 67.1 Å². The minimum atomic E-state index is -0.425. The molecule has 184 valence electrons. The Morgan fingerprint density at radius 2 is 1.70 bits per heavy atom. The van der Waals surface area contributed by atoms with E-state index in [0.717, 1.165) is 37.2 Å². The van der Waals surface area contributed by atoms with E-state index in [1.54, 1.807) is 14.0 Å². The lowest BCUT2D eigenvalue weighted by Gasteiger charge is -2.20. The molecule has 0 aliphatic carbocycles. The molecular weight excluding hydrogens is 412 g/mol. The molecule has 0 heterocycles. The van der Waals surface area contributed by atoms with Crippen molar-refractivity contribution in [3.05, 3.63) is 42.0 Å². The van der Waals surface area contributed by atoms with Crippen LogP contribution in [0.25, 0.3) is 0 Å². The van der Waals surface area contributed by atoms with Crippen LogP contribution in [-0.2, 0) is 20.9 Å². The van der Waals surface area contributed by atoms with E-state index in [1.165, 1.54) is 0 Å². The van der Waals surface area contributed by atoms with Crippen molar-refractivity contribution in [3.8, 4) is 17.6 Å². The fourth-order valence-corrected chi connectivity index (χ4v) is 3.84. The maximum Gasteiger partial charge on any atom is 0.384 e.